The first-order valence-corrected chi connectivity index (χ1v) is 5.94. The monoisotopic (exact) mass is 311 g/mol. The SMILES string of the molecule is COCC1(C)NC(=O)N(CC(=O)N(C)CC(F)(F)F)C1=O. The van der Waals surface area contributed by atoms with E-state index in [4.69, 9.17) is 4.74 Å². The second-order valence-corrected chi connectivity index (χ2v) is 4.95. The number of hydrogen-bond donors (Lipinski definition) is 1. The molecule has 1 aliphatic heterocycles. The highest BCUT2D eigenvalue weighted by atomic mass is 19.4. The minimum atomic E-state index is -4.55. The third-order valence-electron chi connectivity index (χ3n) is 2.91. The predicted molar refractivity (Wildman–Crippen MR) is 64.2 cm³/mol. The summed E-state index contributed by atoms with van der Waals surface area (Å²) in [5.41, 5.74) is -1.32. The molecular formula is C11H16F3N3O4. The summed E-state index contributed by atoms with van der Waals surface area (Å²) in [4.78, 5) is 36.3. The first kappa shape index (κ1) is 17.2. The number of methoxy groups -OCH3 is 1. The molecule has 10 heteroatoms. The lowest BCUT2D eigenvalue weighted by atomic mass is 10.0. The van der Waals surface area contributed by atoms with Crippen molar-refractivity contribution in [2.24, 2.45) is 0 Å². The van der Waals surface area contributed by atoms with Crippen LogP contribution in [0.15, 0.2) is 0 Å². The van der Waals surface area contributed by atoms with Crippen LogP contribution in [0.25, 0.3) is 0 Å². The van der Waals surface area contributed by atoms with E-state index in [0.29, 0.717) is 9.80 Å². The summed E-state index contributed by atoms with van der Waals surface area (Å²) in [5.74, 6) is -1.71. The maximum absolute atomic E-state index is 12.2. The van der Waals surface area contributed by atoms with Crippen molar-refractivity contribution in [1.82, 2.24) is 15.1 Å². The summed E-state index contributed by atoms with van der Waals surface area (Å²) >= 11 is 0. The van der Waals surface area contributed by atoms with Gasteiger partial charge in [-0.05, 0) is 6.92 Å². The Morgan fingerprint density at radius 1 is 1.43 bits per heavy atom. The van der Waals surface area contributed by atoms with Gasteiger partial charge in [0.15, 0.2) is 0 Å². The van der Waals surface area contributed by atoms with Gasteiger partial charge in [0.25, 0.3) is 5.91 Å². The number of rotatable bonds is 5. The van der Waals surface area contributed by atoms with Crippen molar-refractivity contribution in [3.63, 3.8) is 0 Å². The molecule has 120 valence electrons. The zero-order valence-corrected chi connectivity index (χ0v) is 11.8. The second-order valence-electron chi connectivity index (χ2n) is 4.95. The van der Waals surface area contributed by atoms with Crippen molar-refractivity contribution >= 4 is 17.8 Å². The van der Waals surface area contributed by atoms with Gasteiger partial charge in [0.1, 0.15) is 18.6 Å². The average molecular weight is 311 g/mol. The summed E-state index contributed by atoms with van der Waals surface area (Å²) in [6.45, 7) is -0.914. The molecule has 1 fully saturated rings. The van der Waals surface area contributed by atoms with Gasteiger partial charge in [0.2, 0.25) is 5.91 Å². The number of ether oxygens (including phenoxy) is 1. The summed E-state index contributed by atoms with van der Waals surface area (Å²) in [6.07, 6.45) is -4.55. The highest BCUT2D eigenvalue weighted by Crippen LogP contribution is 2.19. The molecule has 4 amide bonds. The number of imide groups is 1. The van der Waals surface area contributed by atoms with Crippen molar-refractivity contribution in [2.75, 3.05) is 33.9 Å². The molecule has 1 unspecified atom stereocenters. The van der Waals surface area contributed by atoms with Crippen LogP contribution in [-0.4, -0.2) is 73.2 Å². The largest absolute Gasteiger partial charge is 0.406 e. The molecule has 1 atom stereocenters. The van der Waals surface area contributed by atoms with Gasteiger partial charge in [-0.3, -0.25) is 14.5 Å². The van der Waals surface area contributed by atoms with Gasteiger partial charge < -0.3 is 15.0 Å². The molecule has 0 aromatic carbocycles. The van der Waals surface area contributed by atoms with Crippen molar-refractivity contribution in [3.05, 3.63) is 0 Å². The summed E-state index contributed by atoms with van der Waals surface area (Å²) in [5, 5.41) is 2.34. The third kappa shape index (κ3) is 4.06. The number of nitrogens with one attached hydrogen (secondary N) is 1. The smallest absolute Gasteiger partial charge is 0.382 e. The fraction of sp³-hybridized carbons (Fsp3) is 0.727. The first-order chi connectivity index (χ1) is 9.50. The molecule has 0 radical (unpaired) electrons. The van der Waals surface area contributed by atoms with E-state index in [1.807, 2.05) is 0 Å². The van der Waals surface area contributed by atoms with E-state index in [9.17, 15) is 27.6 Å². The number of hydrogen-bond acceptors (Lipinski definition) is 4. The minimum absolute atomic E-state index is 0.110. The minimum Gasteiger partial charge on any atom is -0.382 e. The van der Waals surface area contributed by atoms with E-state index < -0.39 is 42.7 Å². The molecule has 0 bridgehead atoms. The van der Waals surface area contributed by atoms with Crippen LogP contribution in [0.4, 0.5) is 18.0 Å². The molecule has 0 spiro atoms. The quantitative estimate of drug-likeness (QED) is 0.723. The first-order valence-electron chi connectivity index (χ1n) is 5.94. The van der Waals surface area contributed by atoms with E-state index in [-0.39, 0.29) is 6.61 Å². The van der Waals surface area contributed by atoms with E-state index >= 15 is 0 Å². The standard InChI is InChI=1S/C11H16F3N3O4/c1-10(6-21-3)8(19)17(9(20)15-10)4-7(18)16(2)5-11(12,13)14/h4-6H2,1-3H3,(H,15,20). The van der Waals surface area contributed by atoms with Crippen molar-refractivity contribution in [2.45, 2.75) is 18.6 Å². The van der Waals surface area contributed by atoms with Crippen LogP contribution in [0.5, 0.6) is 0 Å². The Morgan fingerprint density at radius 2 is 2.00 bits per heavy atom. The van der Waals surface area contributed by atoms with Gasteiger partial charge in [-0.15, -0.1) is 0 Å². The summed E-state index contributed by atoms with van der Waals surface area (Å²) in [7, 11) is 2.28. The topological polar surface area (TPSA) is 79.0 Å². The lowest BCUT2D eigenvalue weighted by Crippen LogP contribution is -2.49. The Bertz CT molecular complexity index is 454. The Balaban J connectivity index is 2.73. The van der Waals surface area contributed by atoms with Gasteiger partial charge in [0, 0.05) is 14.2 Å². The average Bonchev–Trinajstić information content (AvgIpc) is 2.51. The zero-order chi connectivity index (χ0) is 16.4. The predicted octanol–water partition coefficient (Wildman–Crippen LogP) is -0.0360. The maximum Gasteiger partial charge on any atom is 0.406 e. The Kier molecular flexibility index (Phi) is 4.82. The number of nitrogens with zero attached hydrogens (tertiary/aromatic N) is 2. The van der Waals surface area contributed by atoms with Gasteiger partial charge in [-0.25, -0.2) is 4.79 Å². The van der Waals surface area contributed by atoms with E-state index in [0.717, 1.165) is 7.05 Å². The molecule has 0 aromatic heterocycles. The summed E-state index contributed by atoms with van der Waals surface area (Å²) in [6, 6.07) is -0.840. The number of carbonyl (C=O) groups excluding carboxylic acids is 3. The van der Waals surface area contributed by atoms with Crippen LogP contribution in [0.2, 0.25) is 0 Å². The van der Waals surface area contributed by atoms with Crippen LogP contribution < -0.4 is 5.32 Å². The maximum atomic E-state index is 12.2. The zero-order valence-electron chi connectivity index (χ0n) is 11.8. The van der Waals surface area contributed by atoms with E-state index in [1.165, 1.54) is 14.0 Å². The molecule has 1 heterocycles. The normalized spacial score (nSPS) is 22.5. The fourth-order valence-electron chi connectivity index (χ4n) is 1.89. The number of carbonyl (C=O) groups is 3. The fourth-order valence-corrected chi connectivity index (χ4v) is 1.89. The van der Waals surface area contributed by atoms with Crippen LogP contribution in [0, 0.1) is 0 Å². The van der Waals surface area contributed by atoms with Crippen LogP contribution >= 0.6 is 0 Å². The van der Waals surface area contributed by atoms with E-state index in [2.05, 4.69) is 5.32 Å². The van der Waals surface area contributed by atoms with Gasteiger partial charge in [0.05, 0.1) is 6.61 Å². The van der Waals surface area contributed by atoms with Crippen molar-refractivity contribution in [3.8, 4) is 0 Å². The second kappa shape index (κ2) is 5.88. The Labute approximate surface area is 119 Å². The molecule has 0 aromatic rings. The van der Waals surface area contributed by atoms with E-state index in [1.54, 1.807) is 0 Å². The number of urea groups is 1. The van der Waals surface area contributed by atoms with Crippen LogP contribution in [0.3, 0.4) is 0 Å². The molecule has 1 aliphatic rings. The highest BCUT2D eigenvalue weighted by molar-refractivity contribution is 6.08. The lowest BCUT2D eigenvalue weighted by Gasteiger charge is -2.22. The molecule has 0 saturated carbocycles. The molecule has 7 nitrogen and oxygen atoms in total. The molecule has 1 saturated heterocycles. The van der Waals surface area contributed by atoms with Crippen molar-refractivity contribution in [1.29, 1.82) is 0 Å². The van der Waals surface area contributed by atoms with Gasteiger partial charge in [-0.1, -0.05) is 0 Å². The Hall–Kier alpha value is -1.84. The lowest BCUT2D eigenvalue weighted by molar-refractivity contribution is -0.159. The molecule has 1 rings (SSSR count). The number of amides is 4. The summed E-state index contributed by atoms with van der Waals surface area (Å²) < 4.78 is 41.4. The molecule has 0 aliphatic carbocycles. The number of alkyl halides is 3. The van der Waals surface area contributed by atoms with Crippen LogP contribution in [-0.2, 0) is 14.3 Å². The highest BCUT2D eigenvalue weighted by Gasteiger charge is 2.48. The molecular weight excluding hydrogens is 295 g/mol. The third-order valence-corrected chi connectivity index (χ3v) is 2.91. The number of likely N-dealkylation sites (N-methyl/N-ethyl adjacent to an activating group) is 1. The van der Waals surface area contributed by atoms with Crippen LogP contribution in [0.1, 0.15) is 6.92 Å². The van der Waals surface area contributed by atoms with Crippen molar-refractivity contribution < 1.29 is 32.3 Å². The molecule has 21 heavy (non-hydrogen) atoms. The molecule has 1 N–H and O–H groups in total. The Morgan fingerprint density at radius 3 is 2.48 bits per heavy atom. The number of halogens is 3. The van der Waals surface area contributed by atoms with Gasteiger partial charge in [-0.2, -0.15) is 13.2 Å². The van der Waals surface area contributed by atoms with Gasteiger partial charge >= 0.3 is 12.2 Å².